The number of rotatable bonds is 37. The van der Waals surface area contributed by atoms with Crippen LogP contribution in [-0.2, 0) is 0 Å². The molecule has 1 heterocycles. The maximum atomic E-state index is 3.76. The van der Waals surface area contributed by atoms with E-state index in [9.17, 15) is 0 Å². The molecule has 0 aliphatic rings. The zero-order valence-corrected chi connectivity index (χ0v) is 32.5. The van der Waals surface area contributed by atoms with Crippen molar-refractivity contribution in [2.75, 3.05) is 0 Å². The van der Waals surface area contributed by atoms with Crippen molar-refractivity contribution in [2.24, 2.45) is 0 Å². The first-order chi connectivity index (χ1) is 22.7. The van der Waals surface area contributed by atoms with Crippen LogP contribution >= 0.6 is 0 Å². The van der Waals surface area contributed by atoms with Gasteiger partial charge in [-0.05, 0) is 32.6 Å². The smallest absolute Gasteiger partial charge is 0.247 e. The van der Waals surface area contributed by atoms with E-state index in [2.05, 4.69) is 49.6 Å². The molecule has 0 aromatic carbocycles. The Hall–Kier alpha value is -0.790. The molecule has 1 aromatic rings. The standard InChI is InChI=1S/C44H86N2/c1-5-8-11-14-17-20-22-23-25-26-28-31-34-37-42(4)46-41-40-45-44(46)43(38-35-32-29-19-16-13-10-7-3)39-36-33-30-27-24-21-18-15-12-9-6-2/h40-43H,5-39H2,1-4H3/p+1. The summed E-state index contributed by atoms with van der Waals surface area (Å²) < 4.78 is 2.65. The van der Waals surface area contributed by atoms with E-state index >= 15 is 0 Å². The Kier molecular flexibility index (Phi) is 32.0. The van der Waals surface area contributed by atoms with E-state index in [1.165, 1.54) is 231 Å². The normalized spacial score (nSPS) is 13.0. The van der Waals surface area contributed by atoms with Crippen LogP contribution in [0.3, 0.4) is 0 Å². The summed E-state index contributed by atoms with van der Waals surface area (Å²) in [6, 6.07) is 0.618. The highest BCUT2D eigenvalue weighted by molar-refractivity contribution is 4.90. The summed E-state index contributed by atoms with van der Waals surface area (Å²) in [6.45, 7) is 9.43. The fourth-order valence-corrected chi connectivity index (χ4v) is 7.66. The molecule has 0 fully saturated rings. The number of imidazole rings is 1. The lowest BCUT2D eigenvalue weighted by Crippen LogP contribution is -2.41. The average Bonchev–Trinajstić information content (AvgIpc) is 3.56. The molecule has 0 radical (unpaired) electrons. The first-order valence-corrected chi connectivity index (χ1v) is 21.8. The van der Waals surface area contributed by atoms with Crippen LogP contribution in [-0.4, -0.2) is 4.98 Å². The van der Waals surface area contributed by atoms with Crippen molar-refractivity contribution in [1.29, 1.82) is 0 Å². The van der Waals surface area contributed by atoms with Crippen molar-refractivity contribution in [3.8, 4) is 0 Å². The SMILES string of the molecule is CCCCCCCCCCCCCCCC(C)[n+]1cc[nH]c1C(CCCCCCCCCC)CCCCCCCCCCCCC. The van der Waals surface area contributed by atoms with E-state index in [-0.39, 0.29) is 0 Å². The van der Waals surface area contributed by atoms with Crippen LogP contribution in [0.25, 0.3) is 0 Å². The van der Waals surface area contributed by atoms with Crippen molar-refractivity contribution in [2.45, 2.75) is 264 Å². The molecular formula is C44H87N2+. The molecule has 0 aliphatic carbocycles. The summed E-state index contributed by atoms with van der Waals surface area (Å²) in [6.07, 6.45) is 54.6. The van der Waals surface area contributed by atoms with Gasteiger partial charge in [0.2, 0.25) is 0 Å². The second-order valence-corrected chi connectivity index (χ2v) is 15.4. The summed E-state index contributed by atoms with van der Waals surface area (Å²) in [5, 5.41) is 0. The predicted molar refractivity (Wildman–Crippen MR) is 207 cm³/mol. The topological polar surface area (TPSA) is 19.7 Å². The molecule has 0 saturated heterocycles. The minimum absolute atomic E-state index is 0.618. The molecule has 0 saturated carbocycles. The fourth-order valence-electron chi connectivity index (χ4n) is 7.66. The van der Waals surface area contributed by atoms with Gasteiger partial charge in [-0.1, -0.05) is 220 Å². The van der Waals surface area contributed by atoms with E-state index in [0.29, 0.717) is 12.0 Å². The number of hydrogen-bond donors (Lipinski definition) is 1. The zero-order valence-electron chi connectivity index (χ0n) is 32.5. The van der Waals surface area contributed by atoms with Crippen LogP contribution in [0.15, 0.2) is 12.4 Å². The lowest BCUT2D eigenvalue weighted by Gasteiger charge is -2.17. The summed E-state index contributed by atoms with van der Waals surface area (Å²) in [5.41, 5.74) is 0. The molecule has 1 N–H and O–H groups in total. The number of aromatic amines is 1. The Morgan fingerprint density at radius 1 is 0.413 bits per heavy atom. The molecule has 46 heavy (non-hydrogen) atoms. The van der Waals surface area contributed by atoms with Crippen molar-refractivity contribution in [3.63, 3.8) is 0 Å². The summed E-state index contributed by atoms with van der Waals surface area (Å²) in [5.74, 6) is 2.25. The van der Waals surface area contributed by atoms with Gasteiger partial charge in [0.05, 0.1) is 12.0 Å². The zero-order chi connectivity index (χ0) is 33.2. The van der Waals surface area contributed by atoms with Crippen molar-refractivity contribution in [1.82, 2.24) is 4.98 Å². The molecule has 2 unspecified atom stereocenters. The Bertz CT molecular complexity index is 709. The van der Waals surface area contributed by atoms with Gasteiger partial charge in [0, 0.05) is 0 Å². The Labute approximate surface area is 291 Å². The second-order valence-electron chi connectivity index (χ2n) is 15.4. The molecule has 0 aliphatic heterocycles. The van der Waals surface area contributed by atoms with E-state index in [1.807, 2.05) is 0 Å². The predicted octanol–water partition coefficient (Wildman–Crippen LogP) is 15.7. The third kappa shape index (κ3) is 25.3. The Balaban J connectivity index is 2.37. The lowest BCUT2D eigenvalue weighted by molar-refractivity contribution is -0.727. The molecular weight excluding hydrogens is 556 g/mol. The average molecular weight is 644 g/mol. The van der Waals surface area contributed by atoms with Gasteiger partial charge in [-0.15, -0.1) is 0 Å². The first kappa shape index (κ1) is 43.2. The van der Waals surface area contributed by atoms with Crippen LogP contribution in [0, 0.1) is 0 Å². The van der Waals surface area contributed by atoms with Crippen molar-refractivity contribution < 1.29 is 4.57 Å². The lowest BCUT2D eigenvalue weighted by atomic mass is 9.92. The van der Waals surface area contributed by atoms with Gasteiger partial charge in [0.15, 0.2) is 0 Å². The van der Waals surface area contributed by atoms with E-state index in [1.54, 1.807) is 0 Å². The van der Waals surface area contributed by atoms with Crippen LogP contribution in [0.2, 0.25) is 0 Å². The maximum Gasteiger partial charge on any atom is 0.257 e. The first-order valence-electron chi connectivity index (χ1n) is 21.8. The maximum absolute atomic E-state index is 3.76. The minimum Gasteiger partial charge on any atom is -0.247 e. The van der Waals surface area contributed by atoms with E-state index in [0.717, 1.165) is 0 Å². The Morgan fingerprint density at radius 3 is 1.02 bits per heavy atom. The summed E-state index contributed by atoms with van der Waals surface area (Å²) in [7, 11) is 0. The number of unbranched alkanes of at least 4 members (excludes halogenated alkanes) is 29. The quantitative estimate of drug-likeness (QED) is 0.0550. The van der Waals surface area contributed by atoms with Crippen molar-refractivity contribution >= 4 is 0 Å². The number of nitrogens with one attached hydrogen (secondary N) is 1. The van der Waals surface area contributed by atoms with E-state index in [4.69, 9.17) is 0 Å². The third-order valence-corrected chi connectivity index (χ3v) is 10.9. The van der Waals surface area contributed by atoms with Gasteiger partial charge in [0.25, 0.3) is 5.82 Å². The molecule has 2 atom stereocenters. The van der Waals surface area contributed by atoms with Gasteiger partial charge >= 0.3 is 0 Å². The molecule has 1 rings (SSSR count). The number of aromatic nitrogens is 2. The van der Waals surface area contributed by atoms with Gasteiger partial charge in [0.1, 0.15) is 12.4 Å². The van der Waals surface area contributed by atoms with Crippen LogP contribution in [0.1, 0.15) is 270 Å². The molecule has 2 nitrogen and oxygen atoms in total. The molecule has 0 spiro atoms. The molecule has 1 aromatic heterocycles. The van der Waals surface area contributed by atoms with E-state index < -0.39 is 0 Å². The Morgan fingerprint density at radius 2 is 0.696 bits per heavy atom. The highest BCUT2D eigenvalue weighted by Gasteiger charge is 2.25. The summed E-state index contributed by atoms with van der Waals surface area (Å²) >= 11 is 0. The third-order valence-electron chi connectivity index (χ3n) is 10.9. The minimum atomic E-state index is 0.618. The van der Waals surface area contributed by atoms with Crippen LogP contribution in [0.4, 0.5) is 0 Å². The molecule has 2 heteroatoms. The van der Waals surface area contributed by atoms with Gasteiger partial charge < -0.3 is 0 Å². The second kappa shape index (κ2) is 34.1. The molecule has 0 amide bonds. The highest BCUT2D eigenvalue weighted by Crippen LogP contribution is 2.27. The molecule has 0 bridgehead atoms. The summed E-state index contributed by atoms with van der Waals surface area (Å²) in [4.78, 5) is 3.76. The number of hydrogen-bond acceptors (Lipinski definition) is 0. The van der Waals surface area contributed by atoms with Gasteiger partial charge in [-0.3, -0.25) is 0 Å². The fraction of sp³-hybridized carbons (Fsp3) is 0.932. The number of H-pyrrole nitrogens is 1. The monoisotopic (exact) mass is 644 g/mol. The van der Waals surface area contributed by atoms with Gasteiger partial charge in [-0.25, -0.2) is 9.55 Å². The van der Waals surface area contributed by atoms with Gasteiger partial charge in [-0.2, -0.15) is 0 Å². The van der Waals surface area contributed by atoms with Crippen LogP contribution in [0.5, 0.6) is 0 Å². The van der Waals surface area contributed by atoms with Crippen LogP contribution < -0.4 is 4.57 Å². The highest BCUT2D eigenvalue weighted by atomic mass is 15.1. The van der Waals surface area contributed by atoms with Crippen molar-refractivity contribution in [3.05, 3.63) is 18.2 Å². The largest absolute Gasteiger partial charge is 0.257 e. The molecule has 272 valence electrons. The number of nitrogens with zero attached hydrogens (tertiary/aromatic N) is 1.